The number of piperidine rings is 1. The number of carbonyl (C=O) groups excluding carboxylic acids is 1. The van der Waals surface area contributed by atoms with E-state index in [4.69, 9.17) is 5.73 Å². The molecule has 1 amide bonds. The van der Waals surface area contributed by atoms with Gasteiger partial charge in [-0.15, -0.1) is 0 Å². The zero-order valence-electron chi connectivity index (χ0n) is 10.1. The number of hydrogen-bond acceptors (Lipinski definition) is 4. The van der Waals surface area contributed by atoms with Crippen LogP contribution in [0.1, 0.15) is 23.2 Å². The Morgan fingerprint density at radius 3 is 2.94 bits per heavy atom. The van der Waals surface area contributed by atoms with Gasteiger partial charge in [-0.25, -0.2) is 0 Å². The van der Waals surface area contributed by atoms with Crippen molar-refractivity contribution in [3.05, 3.63) is 11.8 Å². The van der Waals surface area contributed by atoms with Crippen molar-refractivity contribution in [2.24, 2.45) is 13.0 Å². The van der Waals surface area contributed by atoms with Crippen molar-refractivity contribution in [3.8, 4) is 0 Å². The third-order valence-corrected chi connectivity index (χ3v) is 3.24. The number of hydrogen-bond donors (Lipinski definition) is 3. The van der Waals surface area contributed by atoms with Gasteiger partial charge in [-0.2, -0.15) is 5.10 Å². The van der Waals surface area contributed by atoms with Crippen LogP contribution in [0.3, 0.4) is 0 Å². The lowest BCUT2D eigenvalue weighted by atomic mass is 9.98. The van der Waals surface area contributed by atoms with Gasteiger partial charge in [0, 0.05) is 13.6 Å². The number of nitrogens with one attached hydrogen (secondary N) is 2. The van der Waals surface area contributed by atoms with Crippen molar-refractivity contribution in [2.45, 2.75) is 12.8 Å². The van der Waals surface area contributed by atoms with Gasteiger partial charge in [-0.05, 0) is 31.8 Å². The first-order valence-electron chi connectivity index (χ1n) is 5.95. The van der Waals surface area contributed by atoms with Crippen LogP contribution >= 0.6 is 0 Å². The summed E-state index contributed by atoms with van der Waals surface area (Å²) < 4.78 is 1.50. The average molecular weight is 237 g/mol. The van der Waals surface area contributed by atoms with Crippen LogP contribution in [0.2, 0.25) is 0 Å². The van der Waals surface area contributed by atoms with Crippen molar-refractivity contribution in [3.63, 3.8) is 0 Å². The van der Waals surface area contributed by atoms with Crippen LogP contribution in [-0.2, 0) is 7.05 Å². The van der Waals surface area contributed by atoms with E-state index in [0.29, 0.717) is 17.3 Å². The molecule has 94 valence electrons. The molecule has 0 saturated carbocycles. The monoisotopic (exact) mass is 237 g/mol. The number of aryl methyl sites for hydroxylation is 1. The van der Waals surface area contributed by atoms with Crippen molar-refractivity contribution in [2.75, 3.05) is 25.4 Å². The molecule has 1 aliphatic rings. The molecular weight excluding hydrogens is 218 g/mol. The Kier molecular flexibility index (Phi) is 3.63. The molecule has 0 bridgehead atoms. The van der Waals surface area contributed by atoms with E-state index < -0.39 is 0 Å². The van der Waals surface area contributed by atoms with E-state index in [0.717, 1.165) is 32.5 Å². The second kappa shape index (κ2) is 5.18. The van der Waals surface area contributed by atoms with Crippen LogP contribution < -0.4 is 16.4 Å². The van der Waals surface area contributed by atoms with Crippen LogP contribution in [-0.4, -0.2) is 35.3 Å². The second-order valence-corrected chi connectivity index (χ2v) is 4.47. The summed E-state index contributed by atoms with van der Waals surface area (Å²) in [6, 6.07) is 0. The van der Waals surface area contributed by atoms with Crippen molar-refractivity contribution < 1.29 is 4.79 Å². The van der Waals surface area contributed by atoms with Crippen molar-refractivity contribution >= 4 is 11.7 Å². The lowest BCUT2D eigenvalue weighted by Crippen LogP contribution is -2.36. The van der Waals surface area contributed by atoms with E-state index in [1.54, 1.807) is 7.05 Å². The molecule has 1 aromatic rings. The molecule has 2 rings (SSSR count). The molecule has 17 heavy (non-hydrogen) atoms. The summed E-state index contributed by atoms with van der Waals surface area (Å²) in [5.41, 5.74) is 6.20. The largest absolute Gasteiger partial charge is 0.383 e. The highest BCUT2D eigenvalue weighted by molar-refractivity contribution is 5.98. The number of anilines is 1. The van der Waals surface area contributed by atoms with Crippen LogP contribution in [0, 0.1) is 5.92 Å². The minimum absolute atomic E-state index is 0.130. The molecule has 4 N–H and O–H groups in total. The topological polar surface area (TPSA) is 85.0 Å². The molecule has 1 aliphatic heterocycles. The highest BCUT2D eigenvalue weighted by Crippen LogP contribution is 2.12. The van der Waals surface area contributed by atoms with E-state index in [1.165, 1.54) is 10.9 Å². The highest BCUT2D eigenvalue weighted by atomic mass is 16.1. The van der Waals surface area contributed by atoms with Gasteiger partial charge in [0.2, 0.25) is 0 Å². The fourth-order valence-electron chi connectivity index (χ4n) is 2.04. The molecule has 2 heterocycles. The predicted octanol–water partition coefficient (Wildman–Crippen LogP) is -0.268. The van der Waals surface area contributed by atoms with Gasteiger partial charge in [0.15, 0.2) is 0 Å². The van der Waals surface area contributed by atoms with Crippen LogP contribution in [0.25, 0.3) is 0 Å². The molecule has 6 heteroatoms. The Morgan fingerprint density at radius 1 is 1.65 bits per heavy atom. The van der Waals surface area contributed by atoms with Crippen molar-refractivity contribution in [1.82, 2.24) is 20.4 Å². The van der Waals surface area contributed by atoms with Gasteiger partial charge in [0.25, 0.3) is 5.91 Å². The minimum Gasteiger partial charge on any atom is -0.383 e. The molecule has 0 aliphatic carbocycles. The maximum atomic E-state index is 11.9. The van der Waals surface area contributed by atoms with E-state index in [1.807, 2.05) is 0 Å². The second-order valence-electron chi connectivity index (χ2n) is 4.47. The summed E-state index contributed by atoms with van der Waals surface area (Å²) in [5, 5.41) is 10.2. The quantitative estimate of drug-likeness (QED) is 0.675. The zero-order chi connectivity index (χ0) is 12.3. The molecule has 1 aromatic heterocycles. The van der Waals surface area contributed by atoms with Gasteiger partial charge in [0.1, 0.15) is 11.4 Å². The Labute approximate surface area is 101 Å². The van der Waals surface area contributed by atoms with Gasteiger partial charge >= 0.3 is 0 Å². The summed E-state index contributed by atoms with van der Waals surface area (Å²) >= 11 is 0. The van der Waals surface area contributed by atoms with E-state index in [-0.39, 0.29) is 5.91 Å². The van der Waals surface area contributed by atoms with E-state index >= 15 is 0 Å². The molecule has 0 spiro atoms. The zero-order valence-corrected chi connectivity index (χ0v) is 10.1. The first-order chi connectivity index (χ1) is 8.18. The summed E-state index contributed by atoms with van der Waals surface area (Å²) in [6.07, 6.45) is 3.73. The normalized spacial score (nSPS) is 17.0. The van der Waals surface area contributed by atoms with Crippen LogP contribution in [0.4, 0.5) is 5.82 Å². The van der Waals surface area contributed by atoms with Crippen LogP contribution in [0.5, 0.6) is 0 Å². The van der Waals surface area contributed by atoms with Gasteiger partial charge < -0.3 is 16.4 Å². The third-order valence-electron chi connectivity index (χ3n) is 3.24. The lowest BCUT2D eigenvalue weighted by Gasteiger charge is -2.22. The summed E-state index contributed by atoms with van der Waals surface area (Å²) in [6.45, 7) is 2.79. The van der Waals surface area contributed by atoms with Crippen molar-refractivity contribution in [1.29, 1.82) is 0 Å². The molecule has 1 saturated heterocycles. The molecule has 6 nitrogen and oxygen atoms in total. The average Bonchev–Trinajstić information content (AvgIpc) is 2.69. The third kappa shape index (κ3) is 2.76. The number of nitrogen functional groups attached to an aromatic ring is 1. The van der Waals surface area contributed by atoms with Gasteiger partial charge in [-0.3, -0.25) is 9.48 Å². The Morgan fingerprint density at radius 2 is 2.35 bits per heavy atom. The molecular formula is C11H19N5O. The number of amides is 1. The minimum atomic E-state index is -0.130. The number of aromatic nitrogens is 2. The maximum Gasteiger partial charge on any atom is 0.256 e. The summed E-state index contributed by atoms with van der Waals surface area (Å²) in [7, 11) is 1.72. The van der Waals surface area contributed by atoms with Gasteiger partial charge in [-0.1, -0.05) is 0 Å². The SMILES string of the molecule is Cn1ncc(C(=O)NCC2CCNCC2)c1N. The highest BCUT2D eigenvalue weighted by Gasteiger charge is 2.17. The molecule has 0 aromatic carbocycles. The molecule has 0 radical (unpaired) electrons. The fraction of sp³-hybridized carbons (Fsp3) is 0.636. The number of nitrogens with zero attached hydrogens (tertiary/aromatic N) is 2. The first kappa shape index (κ1) is 11.9. The van der Waals surface area contributed by atoms with Gasteiger partial charge in [0.05, 0.1) is 6.20 Å². The van der Waals surface area contributed by atoms with E-state index in [9.17, 15) is 4.79 Å². The Hall–Kier alpha value is -1.56. The number of rotatable bonds is 3. The van der Waals surface area contributed by atoms with Crippen LogP contribution in [0.15, 0.2) is 6.20 Å². The standard InChI is InChI=1S/C11H19N5O/c1-16-10(12)9(7-15-16)11(17)14-6-8-2-4-13-5-3-8/h7-8,13H,2-6,12H2,1H3,(H,14,17). The summed E-state index contributed by atoms with van der Waals surface area (Å²) in [5.74, 6) is 0.847. The number of carbonyl (C=O) groups is 1. The first-order valence-corrected chi connectivity index (χ1v) is 5.95. The fourth-order valence-corrected chi connectivity index (χ4v) is 2.04. The molecule has 0 atom stereocenters. The smallest absolute Gasteiger partial charge is 0.256 e. The molecule has 1 fully saturated rings. The maximum absolute atomic E-state index is 11.9. The Bertz CT molecular complexity index is 395. The van der Waals surface area contributed by atoms with E-state index in [2.05, 4.69) is 15.7 Å². The predicted molar refractivity (Wildman–Crippen MR) is 65.5 cm³/mol. The summed E-state index contributed by atoms with van der Waals surface area (Å²) in [4.78, 5) is 11.9. The number of nitrogens with two attached hydrogens (primary N) is 1. The lowest BCUT2D eigenvalue weighted by molar-refractivity contribution is 0.0945. The molecule has 0 unspecified atom stereocenters. The Balaban J connectivity index is 1.86.